The van der Waals surface area contributed by atoms with Gasteiger partial charge >= 0.3 is 11.9 Å². The zero-order chi connectivity index (χ0) is 19.6. The van der Waals surface area contributed by atoms with E-state index in [2.05, 4.69) is 23.7 Å². The molecule has 5 heteroatoms. The molecule has 0 aliphatic carbocycles. The summed E-state index contributed by atoms with van der Waals surface area (Å²) < 4.78 is 10.3. The molecule has 1 N–H and O–H groups in total. The Kier molecular flexibility index (Phi) is 14.1. The van der Waals surface area contributed by atoms with Gasteiger partial charge in [0.05, 0.1) is 19.1 Å². The lowest BCUT2D eigenvalue weighted by Gasteiger charge is -2.16. The minimum Gasteiger partial charge on any atom is -0.466 e. The molecule has 0 heterocycles. The van der Waals surface area contributed by atoms with Crippen LogP contribution < -0.4 is 0 Å². The second kappa shape index (κ2) is 15.7. The molecule has 0 radical (unpaired) electrons. The molecule has 0 amide bonds. The number of allylic oxidation sites excluding steroid dienone is 4. The smallest absolute Gasteiger partial charge is 0.309 e. The molecule has 0 saturated heterocycles. The van der Waals surface area contributed by atoms with E-state index in [9.17, 15) is 9.59 Å². The van der Waals surface area contributed by atoms with Crippen LogP contribution in [-0.2, 0) is 19.1 Å². The maximum Gasteiger partial charge on any atom is 0.309 e. The van der Waals surface area contributed by atoms with Gasteiger partial charge in [0.25, 0.3) is 0 Å². The largest absolute Gasteiger partial charge is 0.466 e. The van der Waals surface area contributed by atoms with E-state index in [1.807, 2.05) is 6.92 Å². The average Bonchev–Trinajstić information content (AvgIpc) is 2.61. The third-order valence-corrected chi connectivity index (χ3v) is 3.12. The van der Waals surface area contributed by atoms with Crippen molar-refractivity contribution in [1.82, 2.24) is 0 Å². The number of esters is 2. The van der Waals surface area contributed by atoms with E-state index in [0.29, 0.717) is 12.8 Å². The van der Waals surface area contributed by atoms with Crippen LogP contribution in [0.25, 0.3) is 0 Å². The van der Waals surface area contributed by atoms with Gasteiger partial charge in [-0.2, -0.15) is 0 Å². The van der Waals surface area contributed by atoms with Crippen molar-refractivity contribution in [2.24, 2.45) is 5.92 Å². The molecular formula is C21H26O5. The molecule has 0 saturated carbocycles. The summed E-state index contributed by atoms with van der Waals surface area (Å²) in [7, 11) is 0. The Balaban J connectivity index is 4.64. The first-order valence-electron chi connectivity index (χ1n) is 8.45. The number of carbonyl (C=O) groups is 2. The van der Waals surface area contributed by atoms with Crippen LogP contribution >= 0.6 is 0 Å². The molecular weight excluding hydrogens is 332 g/mol. The van der Waals surface area contributed by atoms with Crippen molar-refractivity contribution in [3.8, 4) is 23.7 Å². The molecule has 0 aliphatic rings. The Labute approximate surface area is 155 Å². The molecule has 2 atom stereocenters. The molecule has 0 aromatic carbocycles. The van der Waals surface area contributed by atoms with Gasteiger partial charge in [-0.05, 0) is 36.5 Å². The van der Waals surface area contributed by atoms with Gasteiger partial charge in [0, 0.05) is 13.3 Å². The fourth-order valence-electron chi connectivity index (χ4n) is 1.50. The molecule has 0 bridgehead atoms. The topological polar surface area (TPSA) is 72.8 Å². The summed E-state index contributed by atoms with van der Waals surface area (Å²) in [6.07, 6.45) is 10.4. The number of aliphatic hydroxyl groups excluding tert-OH is 1. The first-order chi connectivity index (χ1) is 12.5. The van der Waals surface area contributed by atoms with Crippen LogP contribution in [0.4, 0.5) is 0 Å². The Morgan fingerprint density at radius 2 is 1.85 bits per heavy atom. The SMILES string of the molecule is CC[C@H](C)C(=O)O[C@@H](/C=C/C=C\C#CC#C/C=C/CO)CCOC(C)=O. The van der Waals surface area contributed by atoms with Gasteiger partial charge in [-0.1, -0.05) is 43.9 Å². The van der Waals surface area contributed by atoms with Gasteiger partial charge in [-0.3, -0.25) is 9.59 Å². The van der Waals surface area contributed by atoms with Gasteiger partial charge in [-0.25, -0.2) is 0 Å². The van der Waals surface area contributed by atoms with E-state index in [1.165, 1.54) is 19.1 Å². The van der Waals surface area contributed by atoms with E-state index in [-0.39, 0.29) is 31.1 Å². The lowest BCUT2D eigenvalue weighted by Crippen LogP contribution is -2.22. The highest BCUT2D eigenvalue weighted by Crippen LogP contribution is 2.09. The Hall–Kier alpha value is -2.76. The third-order valence-electron chi connectivity index (χ3n) is 3.12. The lowest BCUT2D eigenvalue weighted by molar-refractivity contribution is -0.152. The van der Waals surface area contributed by atoms with E-state index in [0.717, 1.165) is 0 Å². The second-order valence-corrected chi connectivity index (χ2v) is 5.28. The van der Waals surface area contributed by atoms with Crippen molar-refractivity contribution in [2.45, 2.75) is 39.7 Å². The van der Waals surface area contributed by atoms with Crippen LogP contribution in [0.1, 0.15) is 33.6 Å². The zero-order valence-corrected chi connectivity index (χ0v) is 15.5. The summed E-state index contributed by atoms with van der Waals surface area (Å²) in [6, 6.07) is 0. The summed E-state index contributed by atoms with van der Waals surface area (Å²) in [6.45, 7) is 5.19. The van der Waals surface area contributed by atoms with E-state index in [1.54, 1.807) is 31.2 Å². The summed E-state index contributed by atoms with van der Waals surface area (Å²) in [5.41, 5.74) is 0. The third kappa shape index (κ3) is 13.7. The van der Waals surface area contributed by atoms with Gasteiger partial charge in [0.2, 0.25) is 0 Å². The molecule has 0 spiro atoms. The number of rotatable bonds is 9. The van der Waals surface area contributed by atoms with Crippen LogP contribution in [0.2, 0.25) is 0 Å². The molecule has 0 aromatic rings. The van der Waals surface area contributed by atoms with Gasteiger partial charge in [0.1, 0.15) is 6.10 Å². The Bertz CT molecular complexity index is 635. The van der Waals surface area contributed by atoms with Gasteiger partial charge in [-0.15, -0.1) is 0 Å². The summed E-state index contributed by atoms with van der Waals surface area (Å²) >= 11 is 0. The van der Waals surface area contributed by atoms with Crippen LogP contribution in [0, 0.1) is 29.6 Å². The molecule has 0 unspecified atom stereocenters. The number of hydrogen-bond donors (Lipinski definition) is 1. The van der Waals surface area contributed by atoms with Crippen molar-refractivity contribution in [2.75, 3.05) is 13.2 Å². The van der Waals surface area contributed by atoms with Crippen LogP contribution in [0.15, 0.2) is 36.5 Å². The molecule has 0 aromatic heterocycles. The van der Waals surface area contributed by atoms with Gasteiger partial charge in [0.15, 0.2) is 0 Å². The summed E-state index contributed by atoms with van der Waals surface area (Å²) in [5, 5.41) is 8.53. The molecule has 26 heavy (non-hydrogen) atoms. The minimum absolute atomic E-state index is 0.0486. The average molecular weight is 358 g/mol. The highest BCUT2D eigenvalue weighted by Gasteiger charge is 2.17. The zero-order valence-electron chi connectivity index (χ0n) is 15.5. The minimum atomic E-state index is -0.475. The molecule has 0 rings (SSSR count). The van der Waals surface area contributed by atoms with E-state index >= 15 is 0 Å². The van der Waals surface area contributed by atoms with E-state index < -0.39 is 6.10 Å². The second-order valence-electron chi connectivity index (χ2n) is 5.28. The Morgan fingerprint density at radius 1 is 1.15 bits per heavy atom. The quantitative estimate of drug-likeness (QED) is 0.390. The summed E-state index contributed by atoms with van der Waals surface area (Å²) in [4.78, 5) is 22.8. The maximum atomic E-state index is 11.9. The van der Waals surface area contributed by atoms with Crippen molar-refractivity contribution < 1.29 is 24.2 Å². The predicted molar refractivity (Wildman–Crippen MR) is 101 cm³/mol. The maximum absolute atomic E-state index is 11.9. The fraction of sp³-hybridized carbons (Fsp3) is 0.429. The first kappa shape index (κ1) is 23.2. The number of hydrogen-bond acceptors (Lipinski definition) is 5. The van der Waals surface area contributed by atoms with Crippen molar-refractivity contribution in [1.29, 1.82) is 0 Å². The Morgan fingerprint density at radius 3 is 2.46 bits per heavy atom. The number of ether oxygens (including phenoxy) is 2. The molecule has 140 valence electrons. The molecule has 5 nitrogen and oxygen atoms in total. The fourth-order valence-corrected chi connectivity index (χ4v) is 1.50. The highest BCUT2D eigenvalue weighted by atomic mass is 16.6. The molecule has 0 fully saturated rings. The number of aliphatic hydroxyl groups is 1. The van der Waals surface area contributed by atoms with Crippen molar-refractivity contribution >= 4 is 11.9 Å². The van der Waals surface area contributed by atoms with Gasteiger partial charge < -0.3 is 14.6 Å². The molecule has 0 aliphatic heterocycles. The van der Waals surface area contributed by atoms with Crippen molar-refractivity contribution in [3.05, 3.63) is 36.5 Å². The van der Waals surface area contributed by atoms with Crippen molar-refractivity contribution in [3.63, 3.8) is 0 Å². The highest BCUT2D eigenvalue weighted by molar-refractivity contribution is 5.72. The first-order valence-corrected chi connectivity index (χ1v) is 8.45. The van der Waals surface area contributed by atoms with Crippen LogP contribution in [-0.4, -0.2) is 36.4 Å². The summed E-state index contributed by atoms with van der Waals surface area (Å²) in [5.74, 6) is 9.78. The van der Waals surface area contributed by atoms with Crippen LogP contribution in [0.5, 0.6) is 0 Å². The van der Waals surface area contributed by atoms with Crippen LogP contribution in [0.3, 0.4) is 0 Å². The van der Waals surface area contributed by atoms with E-state index in [4.69, 9.17) is 14.6 Å². The predicted octanol–water partition coefficient (Wildman–Crippen LogP) is 2.57. The normalized spacial score (nSPS) is 12.9. The standard InChI is InChI=1S/C21H26O5/c1-4-18(2)21(24)26-20(15-17-25-19(3)23)14-12-10-8-6-5-7-9-11-13-16-22/h8,10-14,18,20,22H,4,15-17H2,1-3H3/b10-8-,13-11+,14-12+/t18-,20-/m0/s1. The number of carbonyl (C=O) groups excluding carboxylic acids is 2. The lowest BCUT2D eigenvalue weighted by atomic mass is 10.1. The monoisotopic (exact) mass is 358 g/mol.